The van der Waals surface area contributed by atoms with Gasteiger partial charge in [-0.25, -0.2) is 4.99 Å². The molecular formula is C22H26BrN5O2. The highest BCUT2D eigenvalue weighted by molar-refractivity contribution is 9.10. The lowest BCUT2D eigenvalue weighted by molar-refractivity contribution is -0.112. The lowest BCUT2D eigenvalue weighted by Crippen LogP contribution is -2.44. The van der Waals surface area contributed by atoms with Crippen LogP contribution < -0.4 is 21.4 Å². The van der Waals surface area contributed by atoms with Crippen LogP contribution in [0.1, 0.15) is 23.9 Å². The zero-order chi connectivity index (χ0) is 21.1. The summed E-state index contributed by atoms with van der Waals surface area (Å²) in [5.41, 5.74) is 7.07. The van der Waals surface area contributed by atoms with E-state index in [-0.39, 0.29) is 5.91 Å². The fourth-order valence-corrected chi connectivity index (χ4v) is 4.18. The topological polar surface area (TPSA) is 81.8 Å². The van der Waals surface area contributed by atoms with Crippen LogP contribution in [0.2, 0.25) is 0 Å². The second kappa shape index (κ2) is 9.26. The summed E-state index contributed by atoms with van der Waals surface area (Å²) < 4.78 is 0.905. The van der Waals surface area contributed by atoms with Gasteiger partial charge in [0.1, 0.15) is 0 Å². The SMILES string of the molecule is C/C=C\c1[nH]c(C2=c3cc(Br)ccc3=NC2=O)c(NOCCN2CCNCC2)c1C. The summed E-state index contributed by atoms with van der Waals surface area (Å²) in [6.45, 7) is 9.48. The molecule has 0 spiro atoms. The number of nitrogens with one attached hydrogen (secondary N) is 3. The van der Waals surface area contributed by atoms with E-state index in [0.29, 0.717) is 23.2 Å². The van der Waals surface area contributed by atoms with Gasteiger partial charge in [0.2, 0.25) is 0 Å². The van der Waals surface area contributed by atoms with Crippen LogP contribution in [0.3, 0.4) is 0 Å². The van der Waals surface area contributed by atoms with E-state index in [2.05, 4.69) is 41.6 Å². The minimum Gasteiger partial charge on any atom is -0.353 e. The molecular weight excluding hydrogens is 446 g/mol. The van der Waals surface area contributed by atoms with Crippen molar-refractivity contribution in [2.45, 2.75) is 13.8 Å². The van der Waals surface area contributed by atoms with E-state index in [4.69, 9.17) is 4.84 Å². The first kappa shape index (κ1) is 21.0. The predicted molar refractivity (Wildman–Crippen MR) is 122 cm³/mol. The van der Waals surface area contributed by atoms with Crippen molar-refractivity contribution in [1.29, 1.82) is 0 Å². The number of piperazine rings is 1. The first-order valence-corrected chi connectivity index (χ1v) is 11.0. The number of nitrogens with zero attached hydrogens (tertiary/aromatic N) is 2. The van der Waals surface area contributed by atoms with Crippen molar-refractivity contribution in [2.75, 3.05) is 44.8 Å². The van der Waals surface area contributed by atoms with E-state index < -0.39 is 0 Å². The van der Waals surface area contributed by atoms with Crippen LogP contribution in [-0.2, 0) is 9.63 Å². The number of aromatic amines is 1. The molecule has 1 fully saturated rings. The zero-order valence-electron chi connectivity index (χ0n) is 17.2. The maximum atomic E-state index is 12.8. The highest BCUT2D eigenvalue weighted by Crippen LogP contribution is 2.30. The van der Waals surface area contributed by atoms with Crippen LogP contribution in [0.4, 0.5) is 5.69 Å². The molecule has 2 aromatic rings. The number of H-pyrrole nitrogens is 1. The van der Waals surface area contributed by atoms with Gasteiger partial charge in [-0.1, -0.05) is 22.0 Å². The van der Waals surface area contributed by atoms with E-state index >= 15 is 0 Å². The van der Waals surface area contributed by atoms with Crippen molar-refractivity contribution < 1.29 is 9.63 Å². The molecule has 0 radical (unpaired) electrons. The Bertz CT molecular complexity index is 1100. The molecule has 0 bridgehead atoms. The second-order valence-corrected chi connectivity index (χ2v) is 8.32. The van der Waals surface area contributed by atoms with Crippen molar-refractivity contribution in [2.24, 2.45) is 4.99 Å². The molecule has 3 N–H and O–H groups in total. The first-order chi connectivity index (χ1) is 14.6. The molecule has 0 aliphatic carbocycles. The highest BCUT2D eigenvalue weighted by atomic mass is 79.9. The van der Waals surface area contributed by atoms with Crippen LogP contribution in [0, 0.1) is 6.92 Å². The summed E-state index contributed by atoms with van der Waals surface area (Å²) in [5.74, 6) is -0.250. The van der Waals surface area contributed by atoms with Crippen molar-refractivity contribution in [3.8, 4) is 0 Å². The van der Waals surface area contributed by atoms with Gasteiger partial charge in [-0.3, -0.25) is 20.0 Å². The minimum atomic E-state index is -0.250. The Morgan fingerprint density at radius 3 is 2.90 bits per heavy atom. The van der Waals surface area contributed by atoms with Crippen molar-refractivity contribution >= 4 is 39.2 Å². The maximum Gasteiger partial charge on any atom is 0.280 e. The van der Waals surface area contributed by atoms with Crippen LogP contribution in [0.25, 0.3) is 11.6 Å². The minimum absolute atomic E-state index is 0.250. The van der Waals surface area contributed by atoms with E-state index in [1.807, 2.05) is 44.2 Å². The van der Waals surface area contributed by atoms with Gasteiger partial charge in [0.05, 0.1) is 28.9 Å². The number of carbonyl (C=O) groups is 1. The second-order valence-electron chi connectivity index (χ2n) is 7.41. The molecule has 8 heteroatoms. The monoisotopic (exact) mass is 471 g/mol. The maximum absolute atomic E-state index is 12.8. The van der Waals surface area contributed by atoms with Gasteiger partial charge in [0.25, 0.3) is 5.91 Å². The van der Waals surface area contributed by atoms with Crippen molar-refractivity contribution in [1.82, 2.24) is 15.2 Å². The summed E-state index contributed by atoms with van der Waals surface area (Å²) in [6, 6.07) is 5.67. The van der Waals surface area contributed by atoms with Gasteiger partial charge in [0, 0.05) is 53.7 Å². The number of rotatable bonds is 7. The molecule has 158 valence electrons. The first-order valence-electron chi connectivity index (χ1n) is 10.2. The Hall–Kier alpha value is -2.26. The molecule has 1 amide bonds. The van der Waals surface area contributed by atoms with E-state index in [1.165, 1.54) is 0 Å². The number of fused-ring (bicyclic) bond motifs is 1. The van der Waals surface area contributed by atoms with Gasteiger partial charge in [-0.05, 0) is 38.1 Å². The Balaban J connectivity index is 1.63. The molecule has 2 aliphatic heterocycles. The lowest BCUT2D eigenvalue weighted by Gasteiger charge is -2.26. The fourth-order valence-electron chi connectivity index (χ4n) is 3.82. The number of allylic oxidation sites excluding steroid dienone is 1. The Labute approximate surface area is 184 Å². The van der Waals surface area contributed by atoms with Gasteiger partial charge in [0.15, 0.2) is 0 Å². The Kier molecular flexibility index (Phi) is 6.48. The molecule has 0 unspecified atom stereocenters. The summed E-state index contributed by atoms with van der Waals surface area (Å²) in [7, 11) is 0. The summed E-state index contributed by atoms with van der Waals surface area (Å²) in [6.07, 6.45) is 3.96. The molecule has 7 nitrogen and oxygen atoms in total. The Morgan fingerprint density at radius 1 is 1.33 bits per heavy atom. The number of aromatic nitrogens is 1. The Morgan fingerprint density at radius 2 is 2.13 bits per heavy atom. The number of carbonyl (C=O) groups excluding carboxylic acids is 1. The summed E-state index contributed by atoms with van der Waals surface area (Å²) >= 11 is 3.50. The highest BCUT2D eigenvalue weighted by Gasteiger charge is 2.25. The predicted octanol–water partition coefficient (Wildman–Crippen LogP) is 1.73. The van der Waals surface area contributed by atoms with Crippen molar-refractivity contribution in [3.63, 3.8) is 0 Å². The third-order valence-corrected chi connectivity index (χ3v) is 5.92. The van der Waals surface area contributed by atoms with Gasteiger partial charge in [-0.15, -0.1) is 0 Å². The summed E-state index contributed by atoms with van der Waals surface area (Å²) in [4.78, 5) is 28.6. The summed E-state index contributed by atoms with van der Waals surface area (Å²) in [5, 5.41) is 4.85. The van der Waals surface area contributed by atoms with Crippen LogP contribution in [-0.4, -0.2) is 55.1 Å². The molecule has 30 heavy (non-hydrogen) atoms. The number of hydrogen-bond donors (Lipinski definition) is 3. The normalized spacial score (nSPS) is 16.9. The molecule has 1 aromatic heterocycles. The number of amides is 1. The van der Waals surface area contributed by atoms with Gasteiger partial charge < -0.3 is 10.3 Å². The molecule has 4 rings (SSSR count). The average Bonchev–Trinajstić information content (AvgIpc) is 3.22. The number of anilines is 1. The van der Waals surface area contributed by atoms with Crippen LogP contribution in [0.15, 0.2) is 33.7 Å². The van der Waals surface area contributed by atoms with Gasteiger partial charge in [-0.2, -0.15) is 0 Å². The van der Waals surface area contributed by atoms with Crippen molar-refractivity contribution in [3.05, 3.63) is 56.3 Å². The van der Waals surface area contributed by atoms with Gasteiger partial charge >= 0.3 is 0 Å². The lowest BCUT2D eigenvalue weighted by atomic mass is 10.1. The largest absolute Gasteiger partial charge is 0.353 e. The molecule has 3 heterocycles. The third kappa shape index (κ3) is 4.27. The smallest absolute Gasteiger partial charge is 0.280 e. The quantitative estimate of drug-likeness (QED) is 0.423. The van der Waals surface area contributed by atoms with E-state index in [0.717, 1.165) is 59.4 Å². The van der Waals surface area contributed by atoms with E-state index in [1.54, 1.807) is 0 Å². The molecule has 0 saturated carbocycles. The molecule has 2 aliphatic rings. The third-order valence-electron chi connectivity index (χ3n) is 5.43. The standard InChI is InChI=1S/C22H26BrN5O2/c1-3-4-17-14(2)20(27-30-12-11-28-9-7-24-8-10-28)21(25-17)19-16-13-15(23)5-6-18(16)26-22(19)29/h3-6,13,24-25,27H,7-12H2,1-2H3/b4-3-. The number of hydrogen-bond acceptors (Lipinski definition) is 5. The zero-order valence-corrected chi connectivity index (χ0v) is 18.8. The van der Waals surface area contributed by atoms with Crippen LogP contribution >= 0.6 is 15.9 Å². The molecule has 0 atom stereocenters. The molecule has 1 saturated heterocycles. The van der Waals surface area contributed by atoms with E-state index in [9.17, 15) is 4.79 Å². The number of benzene rings is 1. The molecule has 1 aromatic carbocycles. The number of halogens is 1. The fraction of sp³-hybridized carbons (Fsp3) is 0.364. The van der Waals surface area contributed by atoms with Crippen LogP contribution in [0.5, 0.6) is 0 Å². The average molecular weight is 472 g/mol.